The zero-order valence-corrected chi connectivity index (χ0v) is 8.64. The van der Waals surface area contributed by atoms with Crippen molar-refractivity contribution in [3.8, 4) is 0 Å². The SMILES string of the molecule is CC(C)=C(C)NO[SiH](C)C. The molecule has 0 aliphatic heterocycles. The summed E-state index contributed by atoms with van der Waals surface area (Å²) in [6.07, 6.45) is 0. The summed E-state index contributed by atoms with van der Waals surface area (Å²) < 4.78 is 5.30. The van der Waals surface area contributed by atoms with Gasteiger partial charge in [-0.1, -0.05) is 5.57 Å². The van der Waals surface area contributed by atoms with Crippen LogP contribution in [0.25, 0.3) is 0 Å². The number of hydrogen-bond donors (Lipinski definition) is 1. The molecule has 0 radical (unpaired) electrons. The lowest BCUT2D eigenvalue weighted by atomic mass is 10.3. The number of allylic oxidation sites excluding steroid dienone is 2. The van der Waals surface area contributed by atoms with Crippen molar-refractivity contribution in [2.24, 2.45) is 0 Å². The second-order valence-electron chi connectivity index (χ2n) is 2.89. The molecule has 3 heteroatoms. The van der Waals surface area contributed by atoms with Gasteiger partial charge in [0.05, 0.1) is 0 Å². The minimum atomic E-state index is -0.913. The zero-order valence-electron chi connectivity index (χ0n) is 7.49. The second-order valence-corrected chi connectivity index (χ2v) is 5.23. The highest BCUT2D eigenvalue weighted by molar-refractivity contribution is 6.48. The van der Waals surface area contributed by atoms with Gasteiger partial charge < -0.3 is 4.53 Å². The van der Waals surface area contributed by atoms with E-state index >= 15 is 0 Å². The van der Waals surface area contributed by atoms with Crippen LogP contribution in [0.3, 0.4) is 0 Å². The summed E-state index contributed by atoms with van der Waals surface area (Å²) in [5.74, 6) is 0. The van der Waals surface area contributed by atoms with E-state index in [4.69, 9.17) is 4.53 Å². The molecule has 0 bridgehead atoms. The Morgan fingerprint density at radius 1 is 1.20 bits per heavy atom. The molecule has 0 atom stereocenters. The maximum atomic E-state index is 5.30. The van der Waals surface area contributed by atoms with Crippen molar-refractivity contribution < 1.29 is 4.53 Å². The molecular formula is C7H17NOSi. The van der Waals surface area contributed by atoms with Crippen molar-refractivity contribution in [2.45, 2.75) is 33.9 Å². The van der Waals surface area contributed by atoms with Crippen LogP contribution in [0.15, 0.2) is 11.3 Å². The van der Waals surface area contributed by atoms with Gasteiger partial charge in [0, 0.05) is 5.70 Å². The van der Waals surface area contributed by atoms with E-state index in [9.17, 15) is 0 Å². The van der Waals surface area contributed by atoms with Crippen LogP contribution in [-0.4, -0.2) is 9.04 Å². The third-order valence-electron chi connectivity index (χ3n) is 1.20. The minimum Gasteiger partial charge on any atom is -0.327 e. The molecule has 0 aromatic carbocycles. The number of rotatable bonds is 3. The summed E-state index contributed by atoms with van der Waals surface area (Å²) in [6, 6.07) is 0. The highest BCUT2D eigenvalue weighted by Crippen LogP contribution is 1.97. The maximum Gasteiger partial charge on any atom is 0.208 e. The molecule has 10 heavy (non-hydrogen) atoms. The molecule has 0 aromatic rings. The molecule has 0 rings (SSSR count). The molecule has 1 N–H and O–H groups in total. The fourth-order valence-corrected chi connectivity index (χ4v) is 0.721. The molecule has 60 valence electrons. The summed E-state index contributed by atoms with van der Waals surface area (Å²) >= 11 is 0. The van der Waals surface area contributed by atoms with Crippen LogP contribution in [-0.2, 0) is 4.53 Å². The Morgan fingerprint density at radius 2 is 1.70 bits per heavy atom. The van der Waals surface area contributed by atoms with Crippen LogP contribution in [0.1, 0.15) is 20.8 Å². The highest BCUT2D eigenvalue weighted by Gasteiger charge is 1.95. The zero-order chi connectivity index (χ0) is 8.15. The van der Waals surface area contributed by atoms with Crippen LogP contribution in [0.4, 0.5) is 0 Å². The van der Waals surface area contributed by atoms with Crippen molar-refractivity contribution in [2.75, 3.05) is 0 Å². The van der Waals surface area contributed by atoms with Gasteiger partial charge in [0.15, 0.2) is 0 Å². The van der Waals surface area contributed by atoms with E-state index in [-0.39, 0.29) is 0 Å². The van der Waals surface area contributed by atoms with Gasteiger partial charge in [-0.3, -0.25) is 5.48 Å². The van der Waals surface area contributed by atoms with Crippen LogP contribution >= 0.6 is 0 Å². The van der Waals surface area contributed by atoms with Crippen LogP contribution < -0.4 is 5.48 Å². The Balaban J connectivity index is 3.60. The minimum absolute atomic E-state index is 0.913. The van der Waals surface area contributed by atoms with E-state index < -0.39 is 9.04 Å². The first kappa shape index (κ1) is 9.72. The van der Waals surface area contributed by atoms with E-state index in [0.717, 1.165) is 5.70 Å². The fourth-order valence-electron chi connectivity index (χ4n) is 0.308. The molecular weight excluding hydrogens is 142 g/mol. The molecule has 0 aliphatic carbocycles. The Bertz CT molecular complexity index is 128. The molecule has 0 aliphatic rings. The predicted molar refractivity (Wildman–Crippen MR) is 47.1 cm³/mol. The molecule has 0 aromatic heterocycles. The van der Waals surface area contributed by atoms with E-state index in [0.29, 0.717) is 0 Å². The summed E-state index contributed by atoms with van der Waals surface area (Å²) in [5.41, 5.74) is 5.32. The molecule has 0 saturated carbocycles. The molecule has 0 spiro atoms. The van der Waals surface area contributed by atoms with E-state index in [1.165, 1.54) is 5.57 Å². The summed E-state index contributed by atoms with van der Waals surface area (Å²) in [4.78, 5) is 0. The van der Waals surface area contributed by atoms with Crippen molar-refractivity contribution >= 4 is 9.04 Å². The summed E-state index contributed by atoms with van der Waals surface area (Å²) in [6.45, 7) is 10.4. The predicted octanol–water partition coefficient (Wildman–Crippen LogP) is 1.80. The standard InChI is InChI=1S/C7H17NOSi/c1-6(2)7(3)8-9-10(4)5/h8,10H,1-5H3. The van der Waals surface area contributed by atoms with Crippen molar-refractivity contribution in [3.05, 3.63) is 11.3 Å². The molecule has 0 saturated heterocycles. The third kappa shape index (κ3) is 4.58. The van der Waals surface area contributed by atoms with Crippen LogP contribution in [0.2, 0.25) is 13.1 Å². The van der Waals surface area contributed by atoms with Gasteiger partial charge in [0.25, 0.3) is 0 Å². The van der Waals surface area contributed by atoms with Crippen molar-refractivity contribution in [1.29, 1.82) is 0 Å². The lowest BCUT2D eigenvalue weighted by Gasteiger charge is -2.10. The highest BCUT2D eigenvalue weighted by atomic mass is 28.3. The molecule has 0 fully saturated rings. The number of hydroxylamine groups is 1. The summed E-state index contributed by atoms with van der Waals surface area (Å²) in [5, 5.41) is 0. The normalized spacial score (nSPS) is 9.80. The lowest BCUT2D eigenvalue weighted by molar-refractivity contribution is 0.233. The molecule has 0 unspecified atom stereocenters. The van der Waals surface area contributed by atoms with Gasteiger partial charge in [-0.2, -0.15) is 0 Å². The van der Waals surface area contributed by atoms with Crippen LogP contribution in [0, 0.1) is 0 Å². The van der Waals surface area contributed by atoms with E-state index in [1.807, 2.05) is 6.92 Å². The van der Waals surface area contributed by atoms with Gasteiger partial charge in [0.2, 0.25) is 9.04 Å². The first-order valence-electron chi connectivity index (χ1n) is 3.59. The smallest absolute Gasteiger partial charge is 0.208 e. The molecule has 0 heterocycles. The number of hydrogen-bond acceptors (Lipinski definition) is 2. The third-order valence-corrected chi connectivity index (χ3v) is 1.79. The first-order chi connectivity index (χ1) is 4.54. The van der Waals surface area contributed by atoms with Crippen molar-refractivity contribution in [1.82, 2.24) is 5.48 Å². The molecule has 0 amide bonds. The maximum absolute atomic E-state index is 5.30. The average molecular weight is 159 g/mol. The quantitative estimate of drug-likeness (QED) is 0.501. The van der Waals surface area contributed by atoms with Gasteiger partial charge in [-0.15, -0.1) is 0 Å². The summed E-state index contributed by atoms with van der Waals surface area (Å²) in [7, 11) is -0.913. The fraction of sp³-hybridized carbons (Fsp3) is 0.714. The van der Waals surface area contributed by atoms with Gasteiger partial charge in [-0.25, -0.2) is 0 Å². The van der Waals surface area contributed by atoms with E-state index in [2.05, 4.69) is 32.4 Å². The monoisotopic (exact) mass is 159 g/mol. The van der Waals surface area contributed by atoms with Gasteiger partial charge in [-0.05, 0) is 33.9 Å². The Hall–Kier alpha value is -0.283. The largest absolute Gasteiger partial charge is 0.327 e. The second kappa shape index (κ2) is 4.52. The average Bonchev–Trinajstić information content (AvgIpc) is 1.82. The topological polar surface area (TPSA) is 21.3 Å². The van der Waals surface area contributed by atoms with Crippen molar-refractivity contribution in [3.63, 3.8) is 0 Å². The lowest BCUT2D eigenvalue weighted by Crippen LogP contribution is -2.21. The van der Waals surface area contributed by atoms with E-state index in [1.54, 1.807) is 0 Å². The Labute approximate surface area is 65.0 Å². The van der Waals surface area contributed by atoms with Gasteiger partial charge >= 0.3 is 0 Å². The van der Waals surface area contributed by atoms with Crippen LogP contribution in [0.5, 0.6) is 0 Å². The van der Waals surface area contributed by atoms with Gasteiger partial charge in [0.1, 0.15) is 0 Å². The number of nitrogens with one attached hydrogen (secondary N) is 1. The Morgan fingerprint density at radius 3 is 2.00 bits per heavy atom. The molecule has 2 nitrogen and oxygen atoms in total. The Kier molecular flexibility index (Phi) is 4.39. The first-order valence-corrected chi connectivity index (χ1v) is 6.38.